The molecule has 1 aromatic heterocycles. The average molecular weight is 529 g/mol. The number of nitrogens with two attached hydrogens (primary N) is 1. The van der Waals surface area contributed by atoms with Crippen molar-refractivity contribution in [3.05, 3.63) is 34.4 Å². The second-order valence-electron chi connectivity index (χ2n) is 13.8. The fourth-order valence-corrected chi connectivity index (χ4v) is 9.64. The van der Waals surface area contributed by atoms with Crippen molar-refractivity contribution in [3.8, 4) is 0 Å². The smallest absolute Gasteiger partial charge is 0.335 e. The summed E-state index contributed by atoms with van der Waals surface area (Å²) in [5.41, 5.74) is 6.16. The lowest BCUT2D eigenvalue weighted by Crippen LogP contribution is -2.63. The van der Waals surface area contributed by atoms with Crippen LogP contribution in [0.25, 0.3) is 0 Å². The quantitative estimate of drug-likeness (QED) is 0.513. The fraction of sp³-hybridized carbons (Fsp3) is 0.806. The van der Waals surface area contributed by atoms with Crippen molar-refractivity contribution in [2.75, 3.05) is 13.2 Å². The molecule has 1 unspecified atom stereocenters. The van der Waals surface area contributed by atoms with Gasteiger partial charge in [0.25, 0.3) is 0 Å². The zero-order valence-electron chi connectivity index (χ0n) is 23.7. The van der Waals surface area contributed by atoms with Gasteiger partial charge in [0, 0.05) is 24.1 Å². The van der Waals surface area contributed by atoms with Crippen LogP contribution in [0.4, 0.5) is 0 Å². The second kappa shape index (κ2) is 10.0. The number of nitrogens with zero attached hydrogens (tertiary/aromatic N) is 1. The van der Waals surface area contributed by atoms with E-state index < -0.39 is 11.6 Å². The molecule has 1 heterocycles. The van der Waals surface area contributed by atoms with Gasteiger partial charge in [-0.05, 0) is 104 Å². The van der Waals surface area contributed by atoms with Crippen molar-refractivity contribution in [3.63, 3.8) is 0 Å². The summed E-state index contributed by atoms with van der Waals surface area (Å²) < 4.78 is 5.22. The van der Waals surface area contributed by atoms with Crippen LogP contribution in [0.3, 0.4) is 0 Å². The lowest BCUT2D eigenvalue weighted by atomic mass is 9.43. The van der Waals surface area contributed by atoms with Crippen molar-refractivity contribution in [2.45, 2.75) is 109 Å². The Morgan fingerprint density at radius 2 is 1.87 bits per heavy atom. The molecule has 1 amide bonds. The number of hydrogen-bond donors (Lipinski definition) is 3. The molecule has 4 saturated carbocycles. The monoisotopic (exact) mass is 528 g/mol. The molecule has 0 aromatic carbocycles. The molecule has 9 atom stereocenters. The summed E-state index contributed by atoms with van der Waals surface area (Å²) in [6, 6.07) is 2.98. The standard InChI is InChI=1S/C31H48N2O5/c1-19(2)27(32)28(36)33(15-16-34)22-9-12-29(3)21(17-22)6-7-25-24(29)10-13-30(4)23(11-14-31(25,30)37)20-5-8-26(35)38-18-20/h5,8,18-19,21-25,27,34,37H,6-7,9-17,32H2,1-4H3/t21-,22+,23-,24+,25-,27?,29+,30-,31+/m1/s1. The molecule has 212 valence electrons. The number of aliphatic hydroxyl groups excluding tert-OH is 1. The third kappa shape index (κ3) is 4.19. The highest BCUT2D eigenvalue weighted by molar-refractivity contribution is 5.82. The predicted octanol–water partition coefficient (Wildman–Crippen LogP) is 4.05. The van der Waals surface area contributed by atoms with Crippen molar-refractivity contribution in [1.82, 2.24) is 4.90 Å². The maximum atomic E-state index is 13.2. The minimum atomic E-state index is -0.718. The van der Waals surface area contributed by atoms with Gasteiger partial charge in [-0.2, -0.15) is 0 Å². The summed E-state index contributed by atoms with van der Waals surface area (Å²) in [6.45, 7) is 8.97. The molecular weight excluding hydrogens is 480 g/mol. The van der Waals surface area contributed by atoms with E-state index in [9.17, 15) is 19.8 Å². The molecule has 38 heavy (non-hydrogen) atoms. The molecule has 0 radical (unpaired) electrons. The minimum Gasteiger partial charge on any atom is -0.431 e. The summed E-state index contributed by atoms with van der Waals surface area (Å²) in [4.78, 5) is 26.7. The van der Waals surface area contributed by atoms with E-state index in [1.807, 2.05) is 24.8 Å². The maximum Gasteiger partial charge on any atom is 0.335 e. The molecule has 5 rings (SSSR count). The second-order valence-corrected chi connectivity index (χ2v) is 13.8. The topological polar surface area (TPSA) is 117 Å². The van der Waals surface area contributed by atoms with Gasteiger partial charge in [-0.1, -0.05) is 27.7 Å². The summed E-state index contributed by atoms with van der Waals surface area (Å²) in [5, 5.41) is 22.2. The molecule has 0 saturated heterocycles. The summed E-state index contributed by atoms with van der Waals surface area (Å²) >= 11 is 0. The van der Waals surface area contributed by atoms with E-state index in [1.54, 1.807) is 6.26 Å². The third-order valence-corrected chi connectivity index (χ3v) is 12.0. The summed E-state index contributed by atoms with van der Waals surface area (Å²) in [5.74, 6) is 1.46. The number of rotatable bonds is 6. The Bertz CT molecular complexity index is 1070. The van der Waals surface area contributed by atoms with Crippen LogP contribution in [0.15, 0.2) is 27.6 Å². The molecule has 4 aliphatic rings. The van der Waals surface area contributed by atoms with Gasteiger partial charge in [0.05, 0.1) is 24.5 Å². The molecular formula is C31H48N2O5. The van der Waals surface area contributed by atoms with Crippen molar-refractivity contribution >= 4 is 5.91 Å². The number of carbonyl (C=O) groups is 1. The van der Waals surface area contributed by atoms with Crippen LogP contribution < -0.4 is 11.4 Å². The molecule has 7 nitrogen and oxygen atoms in total. The first-order valence-electron chi connectivity index (χ1n) is 14.9. The van der Waals surface area contributed by atoms with Crippen LogP contribution >= 0.6 is 0 Å². The van der Waals surface area contributed by atoms with Gasteiger partial charge in [0.1, 0.15) is 0 Å². The molecule has 7 heteroatoms. The number of aliphatic hydroxyl groups is 2. The fourth-order valence-electron chi connectivity index (χ4n) is 9.64. The largest absolute Gasteiger partial charge is 0.431 e. The first-order chi connectivity index (χ1) is 18.0. The van der Waals surface area contributed by atoms with Crippen LogP contribution in [0, 0.1) is 34.5 Å². The van der Waals surface area contributed by atoms with E-state index in [2.05, 4.69) is 13.8 Å². The zero-order valence-corrected chi connectivity index (χ0v) is 23.7. The van der Waals surface area contributed by atoms with Crippen molar-refractivity contribution in [2.24, 2.45) is 40.2 Å². The van der Waals surface area contributed by atoms with E-state index in [1.165, 1.54) is 6.07 Å². The van der Waals surface area contributed by atoms with Gasteiger partial charge in [-0.25, -0.2) is 4.79 Å². The van der Waals surface area contributed by atoms with Crippen LogP contribution in [0.1, 0.15) is 97.0 Å². The van der Waals surface area contributed by atoms with Gasteiger partial charge < -0.3 is 25.3 Å². The molecule has 4 fully saturated rings. The Hall–Kier alpha value is -1.70. The highest BCUT2D eigenvalue weighted by Crippen LogP contribution is 2.70. The highest BCUT2D eigenvalue weighted by atomic mass is 16.4. The van der Waals surface area contributed by atoms with E-state index in [0.29, 0.717) is 18.4 Å². The van der Waals surface area contributed by atoms with Crippen LogP contribution in [0.2, 0.25) is 0 Å². The van der Waals surface area contributed by atoms with Crippen molar-refractivity contribution in [1.29, 1.82) is 0 Å². The Labute approximate surface area is 227 Å². The summed E-state index contributed by atoms with van der Waals surface area (Å²) in [7, 11) is 0. The Morgan fingerprint density at radius 3 is 2.53 bits per heavy atom. The first kappa shape index (κ1) is 27.9. The zero-order chi connectivity index (χ0) is 27.5. The van der Waals surface area contributed by atoms with E-state index in [4.69, 9.17) is 10.2 Å². The van der Waals surface area contributed by atoms with Crippen LogP contribution in [-0.4, -0.2) is 51.9 Å². The predicted molar refractivity (Wildman–Crippen MR) is 146 cm³/mol. The molecule has 1 aromatic rings. The number of fused-ring (bicyclic) bond motifs is 5. The van der Waals surface area contributed by atoms with E-state index in [0.717, 1.165) is 63.4 Å². The minimum absolute atomic E-state index is 0.0344. The maximum absolute atomic E-state index is 13.2. The molecule has 0 spiro atoms. The SMILES string of the molecule is CC(C)C(N)C(=O)N(CCO)[C@H]1CC[C@@]2(C)[C@H](CC[C@@H]3[C@@H]2CC[C@]2(C)[C@@H](c4ccc(=O)oc4)CC[C@]32O)C1. The average Bonchev–Trinajstić information content (AvgIpc) is 3.17. The van der Waals surface area contributed by atoms with Gasteiger partial charge in [-0.3, -0.25) is 4.79 Å². The number of amides is 1. The van der Waals surface area contributed by atoms with Crippen LogP contribution in [0.5, 0.6) is 0 Å². The highest BCUT2D eigenvalue weighted by Gasteiger charge is 2.67. The Balaban J connectivity index is 1.36. The molecule has 0 aliphatic heterocycles. The van der Waals surface area contributed by atoms with Gasteiger partial charge in [0.2, 0.25) is 5.91 Å². The van der Waals surface area contributed by atoms with E-state index in [-0.39, 0.29) is 52.8 Å². The number of hydrogen-bond acceptors (Lipinski definition) is 6. The number of carbonyl (C=O) groups excluding carboxylic acids is 1. The van der Waals surface area contributed by atoms with E-state index >= 15 is 0 Å². The van der Waals surface area contributed by atoms with Gasteiger partial charge in [0.15, 0.2) is 0 Å². The Kier molecular flexibility index (Phi) is 7.36. The lowest BCUT2D eigenvalue weighted by molar-refractivity contribution is -0.204. The van der Waals surface area contributed by atoms with Gasteiger partial charge >= 0.3 is 5.63 Å². The molecule has 4 N–H and O–H groups in total. The Morgan fingerprint density at radius 1 is 1.11 bits per heavy atom. The summed E-state index contributed by atoms with van der Waals surface area (Å²) in [6.07, 6.45) is 10.4. The lowest BCUT2D eigenvalue weighted by Gasteiger charge is -2.64. The van der Waals surface area contributed by atoms with Crippen LogP contribution in [-0.2, 0) is 4.79 Å². The first-order valence-corrected chi connectivity index (χ1v) is 14.9. The van der Waals surface area contributed by atoms with Crippen molar-refractivity contribution < 1.29 is 19.4 Å². The van der Waals surface area contributed by atoms with Gasteiger partial charge in [-0.15, -0.1) is 0 Å². The third-order valence-electron chi connectivity index (χ3n) is 12.0. The molecule has 4 aliphatic carbocycles. The normalized spacial score (nSPS) is 41.2. The molecule has 0 bridgehead atoms.